The molecule has 0 fully saturated rings. The van der Waals surface area contributed by atoms with Gasteiger partial charge in [0, 0.05) is 7.79 Å². The molecule has 2 nitrogen and oxygen atoms in total. The number of carboxylic acid groups (broad SMARTS) is 1. The van der Waals surface area contributed by atoms with Crippen LogP contribution in [0.1, 0.15) is 72.5 Å². The zero-order valence-corrected chi connectivity index (χ0v) is 12.8. The van der Waals surface area contributed by atoms with Crippen LogP contribution in [0.2, 0.25) is 0 Å². The third kappa shape index (κ3) is 16.7. The number of carboxylic acids is 1. The molecule has 0 aliphatic rings. The maximum Gasteiger partial charge on any atom is 0.303 e. The van der Waals surface area contributed by atoms with Gasteiger partial charge in [0.05, 0.1) is 0 Å². The predicted octanol–water partition coefficient (Wildman–Crippen LogP) is 5.66. The minimum Gasteiger partial charge on any atom is -0.481 e. The first-order chi connectivity index (χ1) is 10.2. The van der Waals surface area contributed by atoms with Crippen LogP contribution in [0.25, 0.3) is 0 Å². The molecular formula is C18H30O2. The van der Waals surface area contributed by atoms with Crippen LogP contribution in [0.3, 0.4) is 0 Å². The van der Waals surface area contributed by atoms with Gasteiger partial charge < -0.3 is 5.11 Å². The third-order valence-corrected chi connectivity index (χ3v) is 2.92. The summed E-state index contributed by atoms with van der Waals surface area (Å²) in [5.74, 6) is -0.733. The Labute approximate surface area is 125 Å². The Morgan fingerprint density at radius 2 is 1.55 bits per heavy atom. The largest absolute Gasteiger partial charge is 0.481 e. The van der Waals surface area contributed by atoms with E-state index in [-0.39, 0.29) is 12.8 Å². The molecule has 20 heavy (non-hydrogen) atoms. The average Bonchev–Trinajstić information content (AvgIpc) is 2.45. The van der Waals surface area contributed by atoms with Gasteiger partial charge in [-0.3, -0.25) is 4.79 Å². The first-order valence-corrected chi connectivity index (χ1v) is 7.79. The van der Waals surface area contributed by atoms with Crippen LogP contribution in [0, 0.1) is 0 Å². The van der Waals surface area contributed by atoms with Crippen molar-refractivity contribution >= 4 is 5.97 Å². The van der Waals surface area contributed by atoms with E-state index >= 15 is 0 Å². The van der Waals surface area contributed by atoms with Crippen LogP contribution < -0.4 is 0 Å². The van der Waals surface area contributed by atoms with Crippen molar-refractivity contribution in [3.63, 3.8) is 0 Å². The van der Waals surface area contributed by atoms with Crippen molar-refractivity contribution in [3.05, 3.63) is 36.5 Å². The van der Waals surface area contributed by atoms with Crippen molar-refractivity contribution in [1.82, 2.24) is 0 Å². The minimum atomic E-state index is -0.733. The second-order valence-corrected chi connectivity index (χ2v) is 4.89. The molecule has 0 saturated heterocycles. The molecular weight excluding hydrogens is 250 g/mol. The molecule has 0 aliphatic heterocycles. The Bertz CT molecular complexity index is 332. The molecule has 0 amide bonds. The Hall–Kier alpha value is -1.31. The standard InChI is InChI=1S/C18H30O2/c1-2-3-4-5-6-7-8-9-10-11-12-13-14-15-16-17-18(19)20/h6-7,9-10,12-13H,2-5,8,11,14-17H2,1H3,(H,19,20)/b7-6-,10-9-,13-12-/i11D,18+2/t11-/m1/s1. The fourth-order valence-corrected chi connectivity index (χ4v) is 1.74. The van der Waals surface area contributed by atoms with Crippen LogP contribution in [-0.2, 0) is 4.79 Å². The monoisotopic (exact) mass is 281 g/mol. The summed E-state index contributed by atoms with van der Waals surface area (Å²) in [6, 6.07) is 0. The van der Waals surface area contributed by atoms with Gasteiger partial charge in [0.2, 0.25) is 0 Å². The van der Waals surface area contributed by atoms with E-state index in [1.165, 1.54) is 19.3 Å². The van der Waals surface area contributed by atoms with E-state index in [1.807, 2.05) is 24.3 Å². The van der Waals surface area contributed by atoms with E-state index in [2.05, 4.69) is 19.1 Å². The molecule has 0 aromatic rings. The van der Waals surface area contributed by atoms with E-state index < -0.39 is 5.97 Å². The first kappa shape index (κ1) is 16.7. The number of aliphatic carboxylic acids is 1. The number of carbonyl (C=O) groups is 1. The molecule has 1 N–H and O–H groups in total. The van der Waals surface area contributed by atoms with Crippen molar-refractivity contribution in [3.8, 4) is 0 Å². The molecule has 0 aromatic heterocycles. The van der Waals surface area contributed by atoms with Gasteiger partial charge in [-0.1, -0.05) is 56.2 Å². The lowest BCUT2D eigenvalue weighted by Gasteiger charge is -1.92. The summed E-state index contributed by atoms with van der Waals surface area (Å²) in [4.78, 5) is 10.3. The van der Waals surface area contributed by atoms with Crippen LogP contribution in [0.4, 0.5) is 0 Å². The van der Waals surface area contributed by atoms with Gasteiger partial charge in [0.15, 0.2) is 0 Å². The smallest absolute Gasteiger partial charge is 0.303 e. The number of rotatable bonds is 13. The summed E-state index contributed by atoms with van der Waals surface area (Å²) in [5, 5.41) is 8.50. The molecule has 0 aliphatic carbocycles. The van der Waals surface area contributed by atoms with Crippen molar-refractivity contribution in [2.75, 3.05) is 0 Å². The highest BCUT2D eigenvalue weighted by atomic mass is 16.6. The highest BCUT2D eigenvalue weighted by molar-refractivity contribution is 5.66. The number of allylic oxidation sites excluding steroid dienone is 6. The normalized spacial score (nSPS) is 14.3. The Balaban J connectivity index is 3.56. The van der Waals surface area contributed by atoms with Gasteiger partial charge in [-0.15, -0.1) is 0 Å². The van der Waals surface area contributed by atoms with E-state index in [4.69, 9.17) is 6.48 Å². The van der Waals surface area contributed by atoms with Gasteiger partial charge in [0.25, 0.3) is 0 Å². The average molecular weight is 281 g/mol. The number of hydrogen-bond acceptors (Lipinski definition) is 1. The summed E-state index contributed by atoms with van der Waals surface area (Å²) < 4.78 is 7.80. The molecule has 0 heterocycles. The molecule has 0 rings (SSSR count). The van der Waals surface area contributed by atoms with E-state index in [0.717, 1.165) is 25.7 Å². The second kappa shape index (κ2) is 15.7. The molecule has 0 saturated carbocycles. The fourth-order valence-electron chi connectivity index (χ4n) is 1.74. The van der Waals surface area contributed by atoms with Gasteiger partial charge in [-0.2, -0.15) is 0 Å². The Morgan fingerprint density at radius 1 is 0.950 bits per heavy atom. The van der Waals surface area contributed by atoms with Crippen molar-refractivity contribution < 1.29 is 11.3 Å². The highest BCUT2D eigenvalue weighted by Crippen LogP contribution is 2.02. The zero-order chi connectivity index (χ0) is 15.8. The lowest BCUT2D eigenvalue weighted by atomic mass is 10.2. The fraction of sp³-hybridized carbons (Fsp3) is 0.611. The van der Waals surface area contributed by atoms with Crippen molar-refractivity contribution in [1.29, 1.82) is 0 Å². The second-order valence-electron chi connectivity index (χ2n) is 4.89. The molecule has 0 bridgehead atoms. The van der Waals surface area contributed by atoms with Gasteiger partial charge >= 0.3 is 5.97 Å². The zero-order valence-electron chi connectivity index (χ0n) is 13.8. The Morgan fingerprint density at radius 3 is 2.25 bits per heavy atom. The van der Waals surface area contributed by atoms with E-state index in [0.29, 0.717) is 6.42 Å². The highest BCUT2D eigenvalue weighted by Gasteiger charge is 1.93. The summed E-state index contributed by atoms with van der Waals surface area (Å²) >= 11 is 0. The predicted molar refractivity (Wildman–Crippen MR) is 86.9 cm³/mol. The molecule has 0 radical (unpaired) electrons. The first-order valence-electron chi connectivity index (χ1n) is 8.37. The minimum absolute atomic E-state index is 0.239. The van der Waals surface area contributed by atoms with Crippen molar-refractivity contribution in [2.24, 2.45) is 0 Å². The lowest BCUT2D eigenvalue weighted by molar-refractivity contribution is -0.137. The summed E-state index contributed by atoms with van der Waals surface area (Å²) in [6.45, 7) is 2.21. The quantitative estimate of drug-likeness (QED) is 0.349. The maximum atomic E-state index is 10.3. The molecule has 1 atom stereocenters. The molecule has 2 heteroatoms. The lowest BCUT2D eigenvalue weighted by Crippen LogP contribution is -1.92. The number of hydrogen-bond donors (Lipinski definition) is 1. The summed E-state index contributed by atoms with van der Waals surface area (Å²) in [7, 11) is 0. The van der Waals surface area contributed by atoms with Gasteiger partial charge in [-0.25, -0.2) is 0 Å². The summed E-state index contributed by atoms with van der Waals surface area (Å²) in [6.07, 6.45) is 20.4. The topological polar surface area (TPSA) is 37.3 Å². The summed E-state index contributed by atoms with van der Waals surface area (Å²) in [5.41, 5.74) is 0. The molecule has 114 valence electrons. The Kier molecular flexibility index (Phi) is 13.2. The van der Waals surface area contributed by atoms with Crippen LogP contribution in [0.5, 0.6) is 0 Å². The molecule has 0 aromatic carbocycles. The van der Waals surface area contributed by atoms with E-state index in [9.17, 15) is 4.79 Å². The molecule has 0 unspecified atom stereocenters. The van der Waals surface area contributed by atoms with Crippen LogP contribution >= 0.6 is 0 Å². The molecule has 0 spiro atoms. The number of unbranched alkanes of at least 4 members (excludes halogenated alkanes) is 5. The van der Waals surface area contributed by atoms with Crippen LogP contribution in [0.15, 0.2) is 36.5 Å². The maximum absolute atomic E-state index is 10.3. The van der Waals surface area contributed by atoms with Gasteiger partial charge in [-0.05, 0) is 44.9 Å². The SMILES string of the molecule is [2H][C@H](/C=C\C/C=C\CCCCC)/C=C\CCCC[14C](=O)O. The van der Waals surface area contributed by atoms with E-state index in [1.54, 1.807) is 0 Å². The third-order valence-electron chi connectivity index (χ3n) is 2.92. The van der Waals surface area contributed by atoms with Crippen LogP contribution in [-0.4, -0.2) is 11.1 Å². The van der Waals surface area contributed by atoms with Gasteiger partial charge in [0.1, 0.15) is 0 Å². The van der Waals surface area contributed by atoms with Crippen molar-refractivity contribution in [2.45, 2.75) is 71.1 Å².